The Hall–Kier alpha value is -1.73. The molecular weight excluding hydrogens is 490 g/mol. The lowest BCUT2D eigenvalue weighted by atomic mass is 10.0. The summed E-state index contributed by atoms with van der Waals surface area (Å²) in [6.45, 7) is 3.05. The first kappa shape index (κ1) is 24.9. The van der Waals surface area contributed by atoms with Gasteiger partial charge in [-0.3, -0.25) is 4.90 Å². The second-order valence-corrected chi connectivity index (χ2v) is 8.78. The number of ether oxygens (including phenoxy) is 2. The van der Waals surface area contributed by atoms with Crippen molar-refractivity contribution in [1.82, 2.24) is 4.90 Å². The summed E-state index contributed by atoms with van der Waals surface area (Å²) in [5, 5.41) is 10.7. The quantitative estimate of drug-likeness (QED) is 0.433. The maximum Gasteiger partial charge on any atom is 0.108 e. The van der Waals surface area contributed by atoms with E-state index in [4.69, 9.17) is 9.47 Å². The number of aliphatic hydroxyl groups is 1. The van der Waals surface area contributed by atoms with Crippen molar-refractivity contribution in [2.45, 2.75) is 18.3 Å². The Kier molecular flexibility index (Phi) is 9.72. The summed E-state index contributed by atoms with van der Waals surface area (Å²) in [7, 11) is 0. The number of halogens is 2. The number of hydrogen-bond donors (Lipinski definition) is 1. The largest absolute Gasteiger partial charge is 0.389 e. The molecule has 0 amide bonds. The van der Waals surface area contributed by atoms with Crippen LogP contribution in [0.2, 0.25) is 0 Å². The van der Waals surface area contributed by atoms with Crippen LogP contribution in [0.1, 0.15) is 28.9 Å². The van der Waals surface area contributed by atoms with E-state index >= 15 is 0 Å². The fourth-order valence-corrected chi connectivity index (χ4v) is 4.39. The van der Waals surface area contributed by atoms with Crippen molar-refractivity contribution in [1.29, 1.82) is 0 Å². The third-order valence-corrected chi connectivity index (χ3v) is 5.99. The molecule has 170 valence electrons. The van der Waals surface area contributed by atoms with E-state index in [1.165, 1.54) is 0 Å². The van der Waals surface area contributed by atoms with E-state index in [1.54, 1.807) is 0 Å². The topological polar surface area (TPSA) is 41.9 Å². The summed E-state index contributed by atoms with van der Waals surface area (Å²) in [5.74, 6) is 0. The van der Waals surface area contributed by atoms with Gasteiger partial charge in [0, 0.05) is 24.1 Å². The molecule has 3 aromatic carbocycles. The van der Waals surface area contributed by atoms with Crippen LogP contribution < -0.4 is 0 Å². The van der Waals surface area contributed by atoms with E-state index in [9.17, 15) is 5.11 Å². The number of β-amino-alcohol motifs (C(OH)–C–C–N with tert-alkyl or cyclic N) is 1. The molecule has 3 aromatic rings. The molecule has 4 rings (SSSR count). The standard InChI is InChI=1S/C26H28BrNO3.ClH/c27-23-13-7-12-22(16-23)25-18-28(14-15-30-25)17-24(29)19-31-26(20-8-3-1-4-9-20)21-10-5-2-6-11-21;/h1-13,16,24-26,29H,14-15,17-19H2;1H. The third kappa shape index (κ3) is 6.88. The smallest absolute Gasteiger partial charge is 0.108 e. The summed E-state index contributed by atoms with van der Waals surface area (Å²) < 4.78 is 13.2. The molecule has 0 bridgehead atoms. The Bertz CT molecular complexity index is 905. The number of benzene rings is 3. The zero-order chi connectivity index (χ0) is 21.5. The maximum atomic E-state index is 10.7. The van der Waals surface area contributed by atoms with Crippen molar-refractivity contribution in [3.05, 3.63) is 106 Å². The number of aliphatic hydroxyl groups excluding tert-OH is 1. The molecule has 1 heterocycles. The number of rotatable bonds is 8. The molecule has 1 fully saturated rings. The van der Waals surface area contributed by atoms with Crippen molar-refractivity contribution in [3.63, 3.8) is 0 Å². The molecular formula is C26H29BrClNO3. The summed E-state index contributed by atoms with van der Waals surface area (Å²) in [5.41, 5.74) is 3.32. The van der Waals surface area contributed by atoms with E-state index in [1.807, 2.05) is 48.5 Å². The van der Waals surface area contributed by atoms with Gasteiger partial charge in [-0.2, -0.15) is 0 Å². The average Bonchev–Trinajstić information content (AvgIpc) is 2.81. The molecule has 1 N–H and O–H groups in total. The van der Waals surface area contributed by atoms with E-state index in [0.717, 1.165) is 34.3 Å². The molecule has 2 unspecified atom stereocenters. The monoisotopic (exact) mass is 517 g/mol. The van der Waals surface area contributed by atoms with Crippen LogP contribution >= 0.6 is 28.3 Å². The molecule has 6 heteroatoms. The molecule has 0 radical (unpaired) electrons. The van der Waals surface area contributed by atoms with Gasteiger partial charge in [-0.05, 0) is 28.8 Å². The lowest BCUT2D eigenvalue weighted by Crippen LogP contribution is -2.43. The molecule has 0 aromatic heterocycles. The fourth-order valence-electron chi connectivity index (χ4n) is 3.98. The lowest BCUT2D eigenvalue weighted by molar-refractivity contribution is -0.0574. The Morgan fingerprint density at radius 3 is 2.25 bits per heavy atom. The Morgan fingerprint density at radius 2 is 1.62 bits per heavy atom. The summed E-state index contributed by atoms with van der Waals surface area (Å²) in [6, 6.07) is 28.5. The van der Waals surface area contributed by atoms with Gasteiger partial charge < -0.3 is 14.6 Å². The summed E-state index contributed by atoms with van der Waals surface area (Å²) in [4.78, 5) is 2.25. The van der Waals surface area contributed by atoms with Crippen LogP contribution in [0.4, 0.5) is 0 Å². The van der Waals surface area contributed by atoms with Crippen LogP contribution in [-0.2, 0) is 9.47 Å². The summed E-state index contributed by atoms with van der Waals surface area (Å²) in [6.07, 6.45) is -0.756. The first-order valence-corrected chi connectivity index (χ1v) is 11.5. The Balaban J connectivity index is 0.00000289. The highest BCUT2D eigenvalue weighted by molar-refractivity contribution is 9.10. The lowest BCUT2D eigenvalue weighted by Gasteiger charge is -2.34. The van der Waals surface area contributed by atoms with Gasteiger partial charge in [0.2, 0.25) is 0 Å². The van der Waals surface area contributed by atoms with Gasteiger partial charge in [0.25, 0.3) is 0 Å². The van der Waals surface area contributed by atoms with Crippen molar-refractivity contribution >= 4 is 28.3 Å². The van der Waals surface area contributed by atoms with Crippen LogP contribution in [0.25, 0.3) is 0 Å². The van der Waals surface area contributed by atoms with E-state index in [0.29, 0.717) is 13.2 Å². The van der Waals surface area contributed by atoms with E-state index in [-0.39, 0.29) is 31.2 Å². The number of morpholine rings is 1. The number of hydrogen-bond acceptors (Lipinski definition) is 4. The highest BCUT2D eigenvalue weighted by Gasteiger charge is 2.24. The predicted octanol–water partition coefficient (Wildman–Crippen LogP) is 5.41. The van der Waals surface area contributed by atoms with Gasteiger partial charge >= 0.3 is 0 Å². The van der Waals surface area contributed by atoms with Gasteiger partial charge in [-0.25, -0.2) is 0 Å². The fraction of sp³-hybridized carbons (Fsp3) is 0.308. The molecule has 32 heavy (non-hydrogen) atoms. The third-order valence-electron chi connectivity index (χ3n) is 5.50. The SMILES string of the molecule is Cl.OC(COC(c1ccccc1)c1ccccc1)CN1CCOC(c2cccc(Br)c2)C1. The first-order chi connectivity index (χ1) is 15.2. The minimum absolute atomic E-state index is 0. The average molecular weight is 519 g/mol. The van der Waals surface area contributed by atoms with Crippen LogP contribution in [-0.4, -0.2) is 49.0 Å². The summed E-state index contributed by atoms with van der Waals surface area (Å²) >= 11 is 3.53. The second kappa shape index (κ2) is 12.5. The Morgan fingerprint density at radius 1 is 0.969 bits per heavy atom. The minimum Gasteiger partial charge on any atom is -0.389 e. The normalized spacial score (nSPS) is 17.7. The minimum atomic E-state index is -0.573. The number of nitrogens with zero attached hydrogens (tertiary/aromatic N) is 1. The van der Waals surface area contributed by atoms with Gasteiger partial charge in [0.1, 0.15) is 6.10 Å². The molecule has 1 saturated heterocycles. The Labute approximate surface area is 204 Å². The van der Waals surface area contributed by atoms with E-state index in [2.05, 4.69) is 57.2 Å². The first-order valence-electron chi connectivity index (χ1n) is 10.7. The van der Waals surface area contributed by atoms with Crippen LogP contribution in [0.3, 0.4) is 0 Å². The highest BCUT2D eigenvalue weighted by atomic mass is 79.9. The molecule has 2 atom stereocenters. The van der Waals surface area contributed by atoms with Crippen LogP contribution in [0.5, 0.6) is 0 Å². The van der Waals surface area contributed by atoms with Gasteiger partial charge in [-0.1, -0.05) is 88.7 Å². The second-order valence-electron chi connectivity index (χ2n) is 7.86. The predicted molar refractivity (Wildman–Crippen MR) is 133 cm³/mol. The zero-order valence-corrected chi connectivity index (χ0v) is 20.3. The van der Waals surface area contributed by atoms with Crippen molar-refractivity contribution in [3.8, 4) is 0 Å². The van der Waals surface area contributed by atoms with E-state index < -0.39 is 6.10 Å². The highest BCUT2D eigenvalue weighted by Crippen LogP contribution is 2.27. The van der Waals surface area contributed by atoms with Gasteiger partial charge in [0.05, 0.1) is 25.4 Å². The van der Waals surface area contributed by atoms with Crippen molar-refractivity contribution in [2.75, 3.05) is 32.8 Å². The van der Waals surface area contributed by atoms with Crippen molar-refractivity contribution < 1.29 is 14.6 Å². The van der Waals surface area contributed by atoms with Gasteiger partial charge in [0.15, 0.2) is 0 Å². The van der Waals surface area contributed by atoms with Crippen molar-refractivity contribution in [2.24, 2.45) is 0 Å². The maximum absolute atomic E-state index is 10.7. The zero-order valence-electron chi connectivity index (χ0n) is 17.8. The molecule has 1 aliphatic rings. The van der Waals surface area contributed by atoms with Gasteiger partial charge in [-0.15, -0.1) is 12.4 Å². The molecule has 0 aliphatic carbocycles. The van der Waals surface area contributed by atoms with Crippen LogP contribution in [0, 0.1) is 0 Å². The molecule has 0 spiro atoms. The van der Waals surface area contributed by atoms with Crippen LogP contribution in [0.15, 0.2) is 89.4 Å². The molecule has 4 nitrogen and oxygen atoms in total. The molecule has 1 aliphatic heterocycles. The molecule has 0 saturated carbocycles.